The van der Waals surface area contributed by atoms with Gasteiger partial charge in [0.05, 0.1) is 0 Å². The summed E-state index contributed by atoms with van der Waals surface area (Å²) in [7, 11) is 0. The van der Waals surface area contributed by atoms with Gasteiger partial charge in [-0.25, -0.2) is 9.59 Å². The minimum atomic E-state index is -0.991. The van der Waals surface area contributed by atoms with Gasteiger partial charge >= 0.3 is 12.0 Å². The molecule has 0 unspecified atom stereocenters. The van der Waals surface area contributed by atoms with Gasteiger partial charge in [0, 0.05) is 13.1 Å². The highest BCUT2D eigenvalue weighted by Gasteiger charge is 2.20. The Labute approximate surface area is 121 Å². The Morgan fingerprint density at radius 1 is 1.20 bits per heavy atom. The summed E-state index contributed by atoms with van der Waals surface area (Å²) in [6.45, 7) is 11.3. The highest BCUT2D eigenvalue weighted by atomic mass is 16.4. The van der Waals surface area contributed by atoms with Crippen molar-refractivity contribution in [3.8, 4) is 0 Å². The van der Waals surface area contributed by atoms with Crippen molar-refractivity contribution in [3.63, 3.8) is 0 Å². The van der Waals surface area contributed by atoms with Crippen LogP contribution in [0, 0.1) is 5.92 Å². The zero-order valence-electron chi connectivity index (χ0n) is 13.1. The predicted molar refractivity (Wildman–Crippen MR) is 79.8 cm³/mol. The third-order valence-corrected chi connectivity index (χ3v) is 3.01. The van der Waals surface area contributed by atoms with Gasteiger partial charge in [-0.05, 0) is 31.8 Å². The first-order valence-corrected chi connectivity index (χ1v) is 7.40. The Balaban J connectivity index is 4.04. The molecule has 0 aromatic carbocycles. The number of urea groups is 1. The second-order valence-corrected chi connectivity index (χ2v) is 5.35. The van der Waals surface area contributed by atoms with E-state index in [4.69, 9.17) is 5.11 Å². The molecule has 0 aliphatic rings. The molecule has 0 saturated carbocycles. The van der Waals surface area contributed by atoms with E-state index in [1.165, 1.54) is 0 Å². The molecule has 0 spiro atoms. The van der Waals surface area contributed by atoms with Crippen LogP contribution < -0.4 is 10.6 Å². The molecule has 20 heavy (non-hydrogen) atoms. The summed E-state index contributed by atoms with van der Waals surface area (Å²) < 4.78 is 0. The monoisotopic (exact) mass is 287 g/mol. The van der Waals surface area contributed by atoms with Crippen molar-refractivity contribution in [2.75, 3.05) is 26.2 Å². The average molecular weight is 287 g/mol. The molecule has 0 fully saturated rings. The van der Waals surface area contributed by atoms with Crippen LogP contribution in [-0.2, 0) is 4.79 Å². The van der Waals surface area contributed by atoms with Crippen molar-refractivity contribution in [3.05, 3.63) is 0 Å². The number of amides is 2. The molecule has 0 aliphatic carbocycles. The number of nitrogens with one attached hydrogen (secondary N) is 2. The first kappa shape index (κ1) is 18.7. The summed E-state index contributed by atoms with van der Waals surface area (Å²) in [6.07, 6.45) is 1.51. The van der Waals surface area contributed by atoms with Crippen molar-refractivity contribution in [2.45, 2.75) is 46.6 Å². The molecule has 0 heterocycles. The zero-order chi connectivity index (χ0) is 15.5. The number of hydrogen-bond donors (Lipinski definition) is 3. The Morgan fingerprint density at radius 2 is 1.85 bits per heavy atom. The van der Waals surface area contributed by atoms with Crippen molar-refractivity contribution in [1.82, 2.24) is 15.5 Å². The van der Waals surface area contributed by atoms with Crippen LogP contribution in [-0.4, -0.2) is 54.2 Å². The fourth-order valence-corrected chi connectivity index (χ4v) is 1.97. The van der Waals surface area contributed by atoms with Gasteiger partial charge in [0.1, 0.15) is 6.04 Å². The topological polar surface area (TPSA) is 81.7 Å². The lowest BCUT2D eigenvalue weighted by Gasteiger charge is -2.20. The van der Waals surface area contributed by atoms with E-state index >= 15 is 0 Å². The fourth-order valence-electron chi connectivity index (χ4n) is 1.97. The summed E-state index contributed by atoms with van der Waals surface area (Å²) >= 11 is 0. The molecule has 0 bridgehead atoms. The molecule has 0 rings (SSSR count). The molecular weight excluding hydrogens is 258 g/mol. The van der Waals surface area contributed by atoms with Crippen LogP contribution >= 0.6 is 0 Å². The summed E-state index contributed by atoms with van der Waals surface area (Å²) in [5.41, 5.74) is 0. The highest BCUT2D eigenvalue weighted by Crippen LogP contribution is 2.04. The van der Waals surface area contributed by atoms with Gasteiger partial charge in [0.15, 0.2) is 0 Å². The van der Waals surface area contributed by atoms with Crippen molar-refractivity contribution in [2.24, 2.45) is 5.92 Å². The molecule has 0 radical (unpaired) electrons. The second-order valence-electron chi connectivity index (χ2n) is 5.35. The molecular formula is C14H29N3O3. The average Bonchev–Trinajstić information content (AvgIpc) is 2.36. The zero-order valence-corrected chi connectivity index (χ0v) is 13.1. The largest absolute Gasteiger partial charge is 0.480 e. The third kappa shape index (κ3) is 8.74. The number of carboxylic acid groups (broad SMARTS) is 1. The van der Waals surface area contributed by atoms with E-state index in [0.717, 1.165) is 26.1 Å². The second kappa shape index (κ2) is 10.5. The molecule has 3 N–H and O–H groups in total. The van der Waals surface area contributed by atoms with E-state index < -0.39 is 18.0 Å². The van der Waals surface area contributed by atoms with Gasteiger partial charge < -0.3 is 20.6 Å². The van der Waals surface area contributed by atoms with Crippen LogP contribution in [0.3, 0.4) is 0 Å². The van der Waals surface area contributed by atoms with Gasteiger partial charge in [-0.3, -0.25) is 0 Å². The number of hydrogen-bond acceptors (Lipinski definition) is 3. The molecule has 0 aromatic rings. The van der Waals surface area contributed by atoms with Gasteiger partial charge in [-0.2, -0.15) is 0 Å². The van der Waals surface area contributed by atoms with Gasteiger partial charge in [0.25, 0.3) is 0 Å². The van der Waals surface area contributed by atoms with E-state index in [2.05, 4.69) is 29.4 Å². The lowest BCUT2D eigenvalue weighted by Crippen LogP contribution is -2.48. The molecule has 6 heteroatoms. The molecule has 118 valence electrons. The van der Waals surface area contributed by atoms with Crippen LogP contribution in [0.25, 0.3) is 0 Å². The number of likely N-dealkylation sites (N-methyl/N-ethyl adjacent to an activating group) is 1. The number of rotatable bonds is 10. The molecule has 0 saturated heterocycles. The minimum Gasteiger partial charge on any atom is -0.480 e. The summed E-state index contributed by atoms with van der Waals surface area (Å²) in [6, 6.07) is -1.24. The van der Waals surface area contributed by atoms with E-state index in [-0.39, 0.29) is 5.92 Å². The van der Waals surface area contributed by atoms with Crippen LogP contribution in [0.2, 0.25) is 0 Å². The van der Waals surface area contributed by atoms with E-state index in [0.29, 0.717) is 13.0 Å². The fraction of sp³-hybridized carbons (Fsp3) is 0.857. The van der Waals surface area contributed by atoms with Crippen LogP contribution in [0.1, 0.15) is 40.5 Å². The van der Waals surface area contributed by atoms with Gasteiger partial charge in [0.2, 0.25) is 0 Å². The molecule has 6 nitrogen and oxygen atoms in total. The maximum Gasteiger partial charge on any atom is 0.326 e. The molecule has 0 aromatic heterocycles. The lowest BCUT2D eigenvalue weighted by atomic mass is 10.0. The number of carbonyl (C=O) groups is 2. The number of nitrogens with zero attached hydrogens (tertiary/aromatic N) is 1. The SMILES string of the molecule is CCCN(CC)CCNC(=O)N[C@@H](CC(C)C)C(=O)O. The predicted octanol–water partition coefficient (Wildman–Crippen LogP) is 1.52. The highest BCUT2D eigenvalue weighted by molar-refractivity contribution is 5.82. The normalized spacial score (nSPS) is 12.5. The quantitative estimate of drug-likeness (QED) is 0.569. The summed E-state index contributed by atoms with van der Waals surface area (Å²) in [5.74, 6) is -0.772. The maximum absolute atomic E-state index is 11.7. The first-order valence-electron chi connectivity index (χ1n) is 7.40. The van der Waals surface area contributed by atoms with E-state index in [1.54, 1.807) is 0 Å². The number of carboxylic acids is 1. The van der Waals surface area contributed by atoms with Crippen LogP contribution in [0.4, 0.5) is 4.79 Å². The molecule has 0 aliphatic heterocycles. The number of carbonyl (C=O) groups excluding carboxylic acids is 1. The smallest absolute Gasteiger partial charge is 0.326 e. The van der Waals surface area contributed by atoms with Crippen LogP contribution in [0.5, 0.6) is 0 Å². The lowest BCUT2D eigenvalue weighted by molar-refractivity contribution is -0.139. The third-order valence-electron chi connectivity index (χ3n) is 3.01. The Bertz CT molecular complexity index is 295. The Kier molecular flexibility index (Phi) is 9.80. The van der Waals surface area contributed by atoms with E-state index in [1.807, 2.05) is 13.8 Å². The van der Waals surface area contributed by atoms with E-state index in [9.17, 15) is 9.59 Å². The summed E-state index contributed by atoms with van der Waals surface area (Å²) in [4.78, 5) is 24.9. The van der Waals surface area contributed by atoms with Crippen molar-refractivity contribution >= 4 is 12.0 Å². The Morgan fingerprint density at radius 3 is 2.30 bits per heavy atom. The van der Waals surface area contributed by atoms with Gasteiger partial charge in [-0.1, -0.05) is 27.7 Å². The van der Waals surface area contributed by atoms with Gasteiger partial charge in [-0.15, -0.1) is 0 Å². The van der Waals surface area contributed by atoms with Crippen molar-refractivity contribution in [1.29, 1.82) is 0 Å². The Hall–Kier alpha value is -1.30. The van der Waals surface area contributed by atoms with Crippen LogP contribution in [0.15, 0.2) is 0 Å². The first-order chi connectivity index (χ1) is 9.40. The molecule has 1 atom stereocenters. The molecule has 2 amide bonds. The maximum atomic E-state index is 11.7. The van der Waals surface area contributed by atoms with Crippen molar-refractivity contribution < 1.29 is 14.7 Å². The minimum absolute atomic E-state index is 0.219. The number of aliphatic carboxylic acids is 1. The standard InChI is InChI=1S/C14H29N3O3/c1-5-8-17(6-2)9-7-15-14(20)16-12(13(18)19)10-11(3)4/h11-12H,5-10H2,1-4H3,(H,18,19)(H2,15,16,20)/t12-/m0/s1. The summed E-state index contributed by atoms with van der Waals surface area (Å²) in [5, 5.41) is 14.3.